The monoisotopic (exact) mass is 199 g/mol. The van der Waals surface area contributed by atoms with Gasteiger partial charge in [-0.05, 0) is 29.5 Å². The molecule has 2 heteroatoms. The van der Waals surface area contributed by atoms with Gasteiger partial charge in [-0.15, -0.1) is 11.3 Å². The fourth-order valence-electron chi connectivity index (χ4n) is 1.48. The molecule has 0 saturated heterocycles. The zero-order valence-electron chi connectivity index (χ0n) is 7.82. The molecule has 0 bridgehead atoms. The van der Waals surface area contributed by atoms with Gasteiger partial charge in [-0.25, -0.2) is 0 Å². The summed E-state index contributed by atoms with van der Waals surface area (Å²) in [5.74, 6) is 0. The van der Waals surface area contributed by atoms with Crippen molar-refractivity contribution in [2.75, 3.05) is 0 Å². The molecule has 0 saturated carbocycles. The maximum atomic E-state index is 8.92. The summed E-state index contributed by atoms with van der Waals surface area (Å²) < 4.78 is 0. The Morgan fingerprint density at radius 3 is 2.64 bits per heavy atom. The predicted molar refractivity (Wildman–Crippen MR) is 59.2 cm³/mol. The van der Waals surface area contributed by atoms with Crippen LogP contribution in [0.1, 0.15) is 10.4 Å². The summed E-state index contributed by atoms with van der Waals surface area (Å²) in [6, 6.07) is 12.4. The lowest BCUT2D eigenvalue weighted by Gasteiger charge is -2.02. The third-order valence-corrected chi connectivity index (χ3v) is 3.02. The summed E-state index contributed by atoms with van der Waals surface area (Å²) >= 11 is 1.49. The van der Waals surface area contributed by atoms with Crippen molar-refractivity contribution >= 4 is 11.3 Å². The first kappa shape index (κ1) is 8.98. The molecule has 1 nitrogen and oxygen atoms in total. The van der Waals surface area contributed by atoms with Gasteiger partial charge >= 0.3 is 0 Å². The zero-order valence-corrected chi connectivity index (χ0v) is 8.64. The van der Waals surface area contributed by atoms with E-state index in [1.165, 1.54) is 16.9 Å². The molecule has 0 unspecified atom stereocenters. The van der Waals surface area contributed by atoms with Crippen LogP contribution in [0.25, 0.3) is 11.1 Å². The molecule has 1 aromatic carbocycles. The topological polar surface area (TPSA) is 23.8 Å². The summed E-state index contributed by atoms with van der Waals surface area (Å²) in [6.45, 7) is 2.06. The number of hydrogen-bond acceptors (Lipinski definition) is 2. The Bertz CT molecular complexity index is 491. The van der Waals surface area contributed by atoms with Crippen LogP contribution < -0.4 is 0 Å². The van der Waals surface area contributed by atoms with Crippen molar-refractivity contribution in [1.82, 2.24) is 0 Å². The van der Waals surface area contributed by atoms with E-state index in [2.05, 4.69) is 25.1 Å². The Balaban J connectivity index is 2.62. The van der Waals surface area contributed by atoms with Crippen molar-refractivity contribution in [2.24, 2.45) is 0 Å². The van der Waals surface area contributed by atoms with Gasteiger partial charge in [0.15, 0.2) is 0 Å². The van der Waals surface area contributed by atoms with Gasteiger partial charge in [0.1, 0.15) is 10.9 Å². The molecule has 1 heterocycles. The van der Waals surface area contributed by atoms with E-state index in [0.717, 1.165) is 16.0 Å². The fraction of sp³-hybridized carbons (Fsp3) is 0.0833. The Morgan fingerprint density at radius 2 is 1.93 bits per heavy atom. The molecule has 68 valence electrons. The summed E-state index contributed by atoms with van der Waals surface area (Å²) in [5, 5.41) is 10.9. The maximum absolute atomic E-state index is 8.92. The van der Waals surface area contributed by atoms with Crippen LogP contribution in [0.4, 0.5) is 0 Å². The molecular formula is C12H9NS. The second kappa shape index (κ2) is 3.65. The summed E-state index contributed by atoms with van der Waals surface area (Å²) in [6.07, 6.45) is 0. The van der Waals surface area contributed by atoms with Gasteiger partial charge in [0.2, 0.25) is 0 Å². The lowest BCUT2D eigenvalue weighted by molar-refractivity contribution is 1.46. The number of aryl methyl sites for hydroxylation is 1. The highest BCUT2D eigenvalue weighted by Gasteiger charge is 2.07. The standard InChI is InChI=1S/C12H9NS/c1-9-4-2-3-5-10(9)11-6-7-14-12(11)8-13/h2-7H,1H3. The minimum Gasteiger partial charge on any atom is -0.192 e. The van der Waals surface area contributed by atoms with Crippen LogP contribution in [0, 0.1) is 18.3 Å². The van der Waals surface area contributed by atoms with Crippen LogP contribution >= 0.6 is 11.3 Å². The third-order valence-electron chi connectivity index (χ3n) is 2.20. The molecule has 0 fully saturated rings. The van der Waals surface area contributed by atoms with Crippen LogP contribution in [0.5, 0.6) is 0 Å². The fourth-order valence-corrected chi connectivity index (χ4v) is 2.18. The van der Waals surface area contributed by atoms with Crippen molar-refractivity contribution in [3.63, 3.8) is 0 Å². The maximum Gasteiger partial charge on any atom is 0.112 e. The largest absolute Gasteiger partial charge is 0.192 e. The van der Waals surface area contributed by atoms with E-state index in [4.69, 9.17) is 5.26 Å². The number of thiophene rings is 1. The van der Waals surface area contributed by atoms with Crippen molar-refractivity contribution in [3.8, 4) is 17.2 Å². The highest BCUT2D eigenvalue weighted by atomic mass is 32.1. The molecule has 0 amide bonds. The smallest absolute Gasteiger partial charge is 0.112 e. The van der Waals surface area contributed by atoms with Crippen molar-refractivity contribution < 1.29 is 0 Å². The van der Waals surface area contributed by atoms with Crippen LogP contribution in [0.3, 0.4) is 0 Å². The van der Waals surface area contributed by atoms with E-state index >= 15 is 0 Å². The van der Waals surface area contributed by atoms with Crippen molar-refractivity contribution in [2.45, 2.75) is 6.92 Å². The molecule has 2 aromatic rings. The van der Waals surface area contributed by atoms with E-state index in [1.54, 1.807) is 0 Å². The second-order valence-electron chi connectivity index (χ2n) is 3.09. The van der Waals surface area contributed by atoms with Gasteiger partial charge in [0.05, 0.1) is 0 Å². The molecule has 1 aromatic heterocycles. The Morgan fingerprint density at radius 1 is 1.14 bits per heavy atom. The van der Waals surface area contributed by atoms with Gasteiger partial charge < -0.3 is 0 Å². The minimum atomic E-state index is 0.791. The predicted octanol–water partition coefficient (Wildman–Crippen LogP) is 3.60. The SMILES string of the molecule is Cc1ccccc1-c1ccsc1C#N. The molecule has 0 aliphatic heterocycles. The van der Waals surface area contributed by atoms with Gasteiger partial charge in [-0.3, -0.25) is 0 Å². The van der Waals surface area contributed by atoms with Gasteiger partial charge in [0, 0.05) is 5.56 Å². The highest BCUT2D eigenvalue weighted by Crippen LogP contribution is 2.29. The molecule has 0 aliphatic rings. The second-order valence-corrected chi connectivity index (χ2v) is 4.01. The molecule has 0 N–H and O–H groups in total. The first-order valence-electron chi connectivity index (χ1n) is 4.36. The average molecular weight is 199 g/mol. The quantitative estimate of drug-likeness (QED) is 0.688. The van der Waals surface area contributed by atoms with E-state index in [1.807, 2.05) is 23.6 Å². The lowest BCUT2D eigenvalue weighted by atomic mass is 10.0. The first-order valence-corrected chi connectivity index (χ1v) is 5.24. The Hall–Kier alpha value is -1.59. The number of nitrogens with zero attached hydrogens (tertiary/aromatic N) is 1. The van der Waals surface area contributed by atoms with Gasteiger partial charge in [-0.1, -0.05) is 24.3 Å². The van der Waals surface area contributed by atoms with Crippen LogP contribution in [0.15, 0.2) is 35.7 Å². The minimum absolute atomic E-state index is 0.791. The van der Waals surface area contributed by atoms with Crippen LogP contribution in [-0.4, -0.2) is 0 Å². The van der Waals surface area contributed by atoms with Crippen molar-refractivity contribution in [3.05, 3.63) is 46.2 Å². The van der Waals surface area contributed by atoms with Crippen molar-refractivity contribution in [1.29, 1.82) is 5.26 Å². The Kier molecular flexibility index (Phi) is 2.34. The molecule has 0 atom stereocenters. The molecule has 0 spiro atoms. The van der Waals surface area contributed by atoms with E-state index in [-0.39, 0.29) is 0 Å². The van der Waals surface area contributed by atoms with Crippen LogP contribution in [-0.2, 0) is 0 Å². The molecule has 0 radical (unpaired) electrons. The highest BCUT2D eigenvalue weighted by molar-refractivity contribution is 7.11. The van der Waals surface area contributed by atoms with E-state index < -0.39 is 0 Å². The van der Waals surface area contributed by atoms with E-state index in [0.29, 0.717) is 0 Å². The lowest BCUT2D eigenvalue weighted by Crippen LogP contribution is -1.81. The molecule has 2 rings (SSSR count). The average Bonchev–Trinajstić information content (AvgIpc) is 2.66. The first-order chi connectivity index (χ1) is 6.83. The summed E-state index contributed by atoms with van der Waals surface area (Å²) in [4.78, 5) is 0.791. The number of rotatable bonds is 1. The van der Waals surface area contributed by atoms with Gasteiger partial charge in [0.25, 0.3) is 0 Å². The molecular weight excluding hydrogens is 190 g/mol. The Labute approximate surface area is 87.3 Å². The number of nitriles is 1. The number of hydrogen-bond donors (Lipinski definition) is 0. The van der Waals surface area contributed by atoms with Gasteiger partial charge in [-0.2, -0.15) is 5.26 Å². The molecule has 0 aliphatic carbocycles. The number of benzene rings is 1. The summed E-state index contributed by atoms with van der Waals surface area (Å²) in [5.41, 5.74) is 3.42. The zero-order chi connectivity index (χ0) is 9.97. The summed E-state index contributed by atoms with van der Waals surface area (Å²) in [7, 11) is 0. The normalized spacial score (nSPS) is 9.71. The van der Waals surface area contributed by atoms with E-state index in [9.17, 15) is 0 Å². The molecule has 14 heavy (non-hydrogen) atoms. The third kappa shape index (κ3) is 1.43. The van der Waals surface area contributed by atoms with Crippen LogP contribution in [0.2, 0.25) is 0 Å².